The molecule has 1 aromatic rings. The predicted octanol–water partition coefficient (Wildman–Crippen LogP) is 1.76. The molecule has 23 heavy (non-hydrogen) atoms. The maximum atomic E-state index is 11.6. The Bertz CT molecular complexity index is 545. The second kappa shape index (κ2) is 7.99. The summed E-state index contributed by atoms with van der Waals surface area (Å²) in [6.07, 6.45) is 1.57. The fourth-order valence-electron chi connectivity index (χ4n) is 2.68. The van der Waals surface area contributed by atoms with Crippen molar-refractivity contribution in [3.05, 3.63) is 17.5 Å². The normalized spacial score (nSPS) is 16.7. The minimum Gasteiger partial charge on any atom is -0.469 e. The first-order valence-corrected chi connectivity index (χ1v) is 8.04. The summed E-state index contributed by atoms with van der Waals surface area (Å²) in [7, 11) is 3.20. The van der Waals surface area contributed by atoms with E-state index < -0.39 is 0 Å². The molecule has 1 N–H and O–H groups in total. The lowest BCUT2D eigenvalue weighted by atomic mass is 9.97. The van der Waals surface area contributed by atoms with Crippen LogP contribution in [0.25, 0.3) is 0 Å². The summed E-state index contributed by atoms with van der Waals surface area (Å²) in [4.78, 5) is 18.0. The van der Waals surface area contributed by atoms with E-state index in [9.17, 15) is 4.79 Å². The van der Waals surface area contributed by atoms with Gasteiger partial charge in [0.15, 0.2) is 11.7 Å². The average Bonchev–Trinajstić information content (AvgIpc) is 3.04. The molecular weight excluding hydrogens is 296 g/mol. The highest BCUT2D eigenvalue weighted by molar-refractivity contribution is 5.80. The molecule has 1 aromatic heterocycles. The van der Waals surface area contributed by atoms with Gasteiger partial charge in [-0.1, -0.05) is 19.0 Å². The Morgan fingerprint density at radius 2 is 2.22 bits per heavy atom. The van der Waals surface area contributed by atoms with Crippen molar-refractivity contribution in [2.75, 3.05) is 27.2 Å². The molecular formula is C16H26N4O3. The van der Waals surface area contributed by atoms with Gasteiger partial charge < -0.3 is 19.5 Å². The summed E-state index contributed by atoms with van der Waals surface area (Å²) in [6.45, 7) is 6.28. The van der Waals surface area contributed by atoms with Crippen molar-refractivity contribution in [3.8, 4) is 0 Å². The molecule has 7 heteroatoms. The Labute approximate surface area is 137 Å². The van der Waals surface area contributed by atoms with Gasteiger partial charge in [0.25, 0.3) is 0 Å². The smallest absolute Gasteiger partial charge is 0.308 e. The van der Waals surface area contributed by atoms with Gasteiger partial charge in [-0.25, -0.2) is 0 Å². The molecule has 128 valence electrons. The molecule has 1 aliphatic heterocycles. The number of nitrogens with one attached hydrogen (secondary N) is 1. The van der Waals surface area contributed by atoms with Crippen LogP contribution in [0.2, 0.25) is 0 Å². The van der Waals surface area contributed by atoms with Crippen LogP contribution in [0.4, 0.5) is 0 Å². The Morgan fingerprint density at radius 3 is 2.74 bits per heavy atom. The highest BCUT2D eigenvalue weighted by Gasteiger charge is 2.27. The number of methoxy groups -OCH3 is 1. The van der Waals surface area contributed by atoms with E-state index in [2.05, 4.69) is 34.2 Å². The fourth-order valence-corrected chi connectivity index (χ4v) is 2.68. The average molecular weight is 322 g/mol. The van der Waals surface area contributed by atoms with E-state index in [0.29, 0.717) is 12.5 Å². The monoisotopic (exact) mass is 322 g/mol. The first-order chi connectivity index (χ1) is 11.0. The zero-order valence-corrected chi connectivity index (χ0v) is 14.3. The van der Waals surface area contributed by atoms with Gasteiger partial charge in [0.1, 0.15) is 0 Å². The van der Waals surface area contributed by atoms with Crippen LogP contribution >= 0.6 is 0 Å². The number of hydrogen-bond acceptors (Lipinski definition) is 5. The Morgan fingerprint density at radius 1 is 1.52 bits per heavy atom. The molecule has 0 amide bonds. The second-order valence-electron chi connectivity index (χ2n) is 6.06. The number of aromatic nitrogens is 1. The van der Waals surface area contributed by atoms with E-state index in [1.54, 1.807) is 7.05 Å². The minimum absolute atomic E-state index is 0.00256. The number of esters is 1. The highest BCUT2D eigenvalue weighted by Crippen LogP contribution is 2.19. The van der Waals surface area contributed by atoms with Gasteiger partial charge in [-0.15, -0.1) is 0 Å². The van der Waals surface area contributed by atoms with E-state index in [1.165, 1.54) is 7.11 Å². The van der Waals surface area contributed by atoms with Gasteiger partial charge in [0.2, 0.25) is 0 Å². The summed E-state index contributed by atoms with van der Waals surface area (Å²) >= 11 is 0. The second-order valence-corrected chi connectivity index (χ2v) is 6.06. The zero-order valence-electron chi connectivity index (χ0n) is 14.3. The molecule has 1 saturated heterocycles. The standard InChI is InChI=1S/C16H26N4O3/c1-11(2)14-9-13(23-19-14)10-18-16(17-3)20-7-5-12(6-8-20)15(21)22-4/h9,11-12H,5-8,10H2,1-4H3,(H,17,18). The molecule has 0 aliphatic carbocycles. The number of ether oxygens (including phenoxy) is 1. The summed E-state index contributed by atoms with van der Waals surface area (Å²) in [5.41, 5.74) is 0.954. The first kappa shape index (κ1) is 17.3. The van der Waals surface area contributed by atoms with Crippen LogP contribution in [0, 0.1) is 5.92 Å². The number of hydrogen-bond donors (Lipinski definition) is 1. The third-order valence-corrected chi connectivity index (χ3v) is 4.13. The van der Waals surface area contributed by atoms with Gasteiger partial charge in [-0.05, 0) is 18.8 Å². The number of nitrogens with zero attached hydrogens (tertiary/aromatic N) is 3. The molecule has 2 rings (SSSR count). The molecule has 0 bridgehead atoms. The van der Waals surface area contributed by atoms with Crippen LogP contribution in [0.1, 0.15) is 44.1 Å². The molecule has 0 saturated carbocycles. The molecule has 0 atom stereocenters. The number of piperidine rings is 1. The van der Waals surface area contributed by atoms with Gasteiger partial charge in [-0.3, -0.25) is 9.79 Å². The number of carbonyl (C=O) groups excluding carboxylic acids is 1. The maximum absolute atomic E-state index is 11.6. The van der Waals surface area contributed by atoms with Crippen molar-refractivity contribution in [1.29, 1.82) is 0 Å². The Hall–Kier alpha value is -2.05. The van der Waals surface area contributed by atoms with Gasteiger partial charge in [-0.2, -0.15) is 0 Å². The van der Waals surface area contributed by atoms with Gasteiger partial charge in [0.05, 0.1) is 25.3 Å². The topological polar surface area (TPSA) is 80.0 Å². The lowest BCUT2D eigenvalue weighted by Gasteiger charge is -2.33. The lowest BCUT2D eigenvalue weighted by Crippen LogP contribution is -2.46. The van der Waals surface area contributed by atoms with E-state index in [1.807, 2.05) is 6.07 Å². The van der Waals surface area contributed by atoms with Crippen LogP contribution in [-0.2, 0) is 16.1 Å². The maximum Gasteiger partial charge on any atom is 0.308 e. The predicted molar refractivity (Wildman–Crippen MR) is 87.1 cm³/mol. The molecule has 0 unspecified atom stereocenters. The van der Waals surface area contributed by atoms with E-state index in [4.69, 9.17) is 9.26 Å². The molecule has 2 heterocycles. The van der Waals surface area contributed by atoms with Crippen molar-refractivity contribution in [2.45, 2.75) is 39.2 Å². The number of likely N-dealkylation sites (tertiary alicyclic amines) is 1. The van der Waals surface area contributed by atoms with Crippen molar-refractivity contribution >= 4 is 11.9 Å². The molecule has 1 aliphatic rings. The number of aliphatic imine (C=N–C) groups is 1. The first-order valence-electron chi connectivity index (χ1n) is 8.04. The van der Waals surface area contributed by atoms with Crippen molar-refractivity contribution in [3.63, 3.8) is 0 Å². The number of carbonyl (C=O) groups is 1. The fraction of sp³-hybridized carbons (Fsp3) is 0.688. The molecule has 1 fully saturated rings. The van der Waals surface area contributed by atoms with Crippen LogP contribution < -0.4 is 5.32 Å². The van der Waals surface area contributed by atoms with Crippen molar-refractivity contribution in [2.24, 2.45) is 10.9 Å². The third kappa shape index (κ3) is 4.46. The van der Waals surface area contributed by atoms with Crippen LogP contribution in [-0.4, -0.2) is 49.2 Å². The largest absolute Gasteiger partial charge is 0.469 e. The van der Waals surface area contributed by atoms with E-state index in [-0.39, 0.29) is 11.9 Å². The summed E-state index contributed by atoms with van der Waals surface area (Å²) < 4.78 is 10.1. The molecule has 0 radical (unpaired) electrons. The van der Waals surface area contributed by atoms with Crippen LogP contribution in [0.3, 0.4) is 0 Å². The highest BCUT2D eigenvalue weighted by atomic mass is 16.5. The van der Waals surface area contributed by atoms with Crippen LogP contribution in [0.15, 0.2) is 15.6 Å². The van der Waals surface area contributed by atoms with Gasteiger partial charge in [0, 0.05) is 26.2 Å². The van der Waals surface area contributed by atoms with E-state index in [0.717, 1.165) is 43.3 Å². The molecule has 7 nitrogen and oxygen atoms in total. The number of guanidine groups is 1. The number of rotatable bonds is 4. The van der Waals surface area contributed by atoms with Gasteiger partial charge >= 0.3 is 5.97 Å². The van der Waals surface area contributed by atoms with E-state index >= 15 is 0 Å². The quantitative estimate of drug-likeness (QED) is 0.517. The van der Waals surface area contributed by atoms with Crippen molar-refractivity contribution in [1.82, 2.24) is 15.4 Å². The SMILES string of the molecule is CN=C(NCc1cc(C(C)C)no1)N1CCC(C(=O)OC)CC1. The summed E-state index contributed by atoms with van der Waals surface area (Å²) in [5.74, 6) is 1.84. The molecule has 0 aromatic carbocycles. The minimum atomic E-state index is -0.115. The molecule has 0 spiro atoms. The Balaban J connectivity index is 1.85. The Kier molecular flexibility index (Phi) is 6.01. The lowest BCUT2D eigenvalue weighted by molar-refractivity contribution is -0.146. The third-order valence-electron chi connectivity index (χ3n) is 4.13. The summed E-state index contributed by atoms with van der Waals surface area (Å²) in [6, 6.07) is 1.97. The zero-order chi connectivity index (χ0) is 16.8. The van der Waals surface area contributed by atoms with Crippen LogP contribution in [0.5, 0.6) is 0 Å². The summed E-state index contributed by atoms with van der Waals surface area (Å²) in [5, 5.41) is 7.34. The van der Waals surface area contributed by atoms with Crippen molar-refractivity contribution < 1.29 is 14.1 Å².